The number of benzene rings is 2. The summed E-state index contributed by atoms with van der Waals surface area (Å²) in [7, 11) is 0. The number of anilines is 1. The molecule has 6 heteroatoms. The third kappa shape index (κ3) is 3.55. The third-order valence-corrected chi connectivity index (χ3v) is 4.22. The van der Waals surface area contributed by atoms with Gasteiger partial charge >= 0.3 is 0 Å². The van der Waals surface area contributed by atoms with Crippen LogP contribution in [0, 0.1) is 11.6 Å². The van der Waals surface area contributed by atoms with Crippen LogP contribution in [0.5, 0.6) is 0 Å². The Bertz CT molecular complexity index is 1090. The summed E-state index contributed by atoms with van der Waals surface area (Å²) in [5.74, 6) is -1.38. The van der Waals surface area contributed by atoms with Crippen LogP contribution in [0.15, 0.2) is 66.0 Å². The van der Waals surface area contributed by atoms with Crippen LogP contribution in [0.4, 0.5) is 14.6 Å². The van der Waals surface area contributed by atoms with E-state index in [1.807, 2.05) is 0 Å². The average molecular weight is 366 g/mol. The molecule has 0 fully saturated rings. The Morgan fingerprint density at radius 1 is 1.04 bits per heavy atom. The average Bonchev–Trinajstić information content (AvgIpc) is 2.63. The molecule has 0 unspecified atom stereocenters. The van der Waals surface area contributed by atoms with Gasteiger partial charge in [0, 0.05) is 29.7 Å². The van der Waals surface area contributed by atoms with Gasteiger partial charge in [-0.1, -0.05) is 18.7 Å². The standard InChI is InChI=1S/C21H16F2N2O2/c1-13(17-7-4-15(22)12-19(17)23)18-8-9-20(27)25(21(18)24)16-5-2-14(3-6-16)10-11-26/h2-9,11-12H,1,10,24H2. The van der Waals surface area contributed by atoms with E-state index in [0.717, 1.165) is 24.0 Å². The number of carbonyl (C=O) groups is 1. The first-order valence-corrected chi connectivity index (χ1v) is 8.11. The highest BCUT2D eigenvalue weighted by atomic mass is 19.1. The van der Waals surface area contributed by atoms with Crippen LogP contribution in [0.3, 0.4) is 0 Å². The molecule has 3 rings (SSSR count). The number of hydrogen-bond acceptors (Lipinski definition) is 3. The van der Waals surface area contributed by atoms with Crippen molar-refractivity contribution in [1.29, 1.82) is 0 Å². The molecule has 0 saturated carbocycles. The predicted octanol–water partition coefficient (Wildman–Crippen LogP) is 3.50. The number of carbonyl (C=O) groups excluding carboxylic acids is 1. The van der Waals surface area contributed by atoms with Crippen molar-refractivity contribution >= 4 is 17.7 Å². The van der Waals surface area contributed by atoms with Gasteiger partial charge in [-0.3, -0.25) is 9.36 Å². The second-order valence-electron chi connectivity index (χ2n) is 5.95. The van der Waals surface area contributed by atoms with Crippen molar-refractivity contribution in [2.45, 2.75) is 6.42 Å². The number of nitrogens with zero attached hydrogens (tertiary/aromatic N) is 1. The minimum atomic E-state index is -0.768. The first-order valence-electron chi connectivity index (χ1n) is 8.11. The summed E-state index contributed by atoms with van der Waals surface area (Å²) in [5.41, 5.74) is 7.80. The fourth-order valence-corrected chi connectivity index (χ4v) is 2.83. The van der Waals surface area contributed by atoms with Crippen molar-refractivity contribution in [3.05, 3.63) is 99.9 Å². The zero-order chi connectivity index (χ0) is 19.6. The largest absolute Gasteiger partial charge is 0.384 e. The molecule has 0 aliphatic rings. The second kappa shape index (κ2) is 7.37. The predicted molar refractivity (Wildman–Crippen MR) is 101 cm³/mol. The number of nitrogens with two attached hydrogens (primary N) is 1. The van der Waals surface area contributed by atoms with E-state index in [1.165, 1.54) is 22.8 Å². The van der Waals surface area contributed by atoms with Crippen molar-refractivity contribution in [3.8, 4) is 5.69 Å². The topological polar surface area (TPSA) is 65.1 Å². The zero-order valence-corrected chi connectivity index (χ0v) is 14.3. The van der Waals surface area contributed by atoms with E-state index < -0.39 is 11.6 Å². The fourth-order valence-electron chi connectivity index (χ4n) is 2.83. The van der Waals surface area contributed by atoms with Gasteiger partial charge < -0.3 is 10.5 Å². The molecule has 0 aliphatic heterocycles. The molecule has 0 aliphatic carbocycles. The van der Waals surface area contributed by atoms with E-state index in [-0.39, 0.29) is 28.9 Å². The molecule has 0 saturated heterocycles. The van der Waals surface area contributed by atoms with Gasteiger partial charge in [0.1, 0.15) is 23.7 Å². The van der Waals surface area contributed by atoms with Gasteiger partial charge in [0.2, 0.25) is 0 Å². The summed E-state index contributed by atoms with van der Waals surface area (Å²) in [6.07, 6.45) is 1.06. The molecule has 136 valence electrons. The molecule has 3 aromatic rings. The number of rotatable bonds is 5. The molecule has 2 N–H and O–H groups in total. The maximum atomic E-state index is 14.1. The summed E-state index contributed by atoms with van der Waals surface area (Å²) in [5, 5.41) is 0. The minimum absolute atomic E-state index is 0.0827. The Labute approximate surface area is 154 Å². The Morgan fingerprint density at radius 3 is 2.33 bits per heavy atom. The van der Waals surface area contributed by atoms with Gasteiger partial charge in [-0.05, 0) is 41.5 Å². The number of hydrogen-bond donors (Lipinski definition) is 1. The van der Waals surface area contributed by atoms with Crippen LogP contribution in [0.1, 0.15) is 16.7 Å². The smallest absolute Gasteiger partial charge is 0.256 e. The van der Waals surface area contributed by atoms with Gasteiger partial charge in [0.25, 0.3) is 5.56 Å². The molecule has 0 amide bonds. The number of aldehydes is 1. The Morgan fingerprint density at radius 2 is 1.70 bits per heavy atom. The Kier molecular flexibility index (Phi) is 4.98. The fraction of sp³-hybridized carbons (Fsp3) is 0.0476. The molecule has 1 heterocycles. The van der Waals surface area contributed by atoms with E-state index in [2.05, 4.69) is 6.58 Å². The van der Waals surface area contributed by atoms with Crippen LogP contribution in [0.25, 0.3) is 11.3 Å². The number of halogens is 2. The van der Waals surface area contributed by atoms with Crippen LogP contribution in [-0.2, 0) is 11.2 Å². The van der Waals surface area contributed by atoms with E-state index in [1.54, 1.807) is 24.3 Å². The molecule has 0 spiro atoms. The van der Waals surface area contributed by atoms with Gasteiger partial charge in [0.05, 0.1) is 5.69 Å². The lowest BCUT2D eigenvalue weighted by Crippen LogP contribution is -2.21. The minimum Gasteiger partial charge on any atom is -0.384 e. The lowest BCUT2D eigenvalue weighted by atomic mass is 9.99. The first kappa shape index (κ1) is 18.3. The maximum Gasteiger partial charge on any atom is 0.256 e. The Balaban J connectivity index is 2.09. The first-order chi connectivity index (χ1) is 12.9. The van der Waals surface area contributed by atoms with E-state index >= 15 is 0 Å². The number of pyridine rings is 1. The summed E-state index contributed by atoms with van der Waals surface area (Å²) < 4.78 is 28.5. The summed E-state index contributed by atoms with van der Waals surface area (Å²) in [4.78, 5) is 22.9. The molecule has 0 atom stereocenters. The highest BCUT2D eigenvalue weighted by Gasteiger charge is 2.15. The zero-order valence-electron chi connectivity index (χ0n) is 14.3. The van der Waals surface area contributed by atoms with Crippen LogP contribution >= 0.6 is 0 Å². The Hall–Kier alpha value is -3.54. The highest BCUT2D eigenvalue weighted by Crippen LogP contribution is 2.28. The summed E-state index contributed by atoms with van der Waals surface area (Å²) in [6, 6.07) is 12.7. The van der Waals surface area contributed by atoms with Crippen molar-refractivity contribution in [2.24, 2.45) is 0 Å². The molecule has 0 radical (unpaired) electrons. The van der Waals surface area contributed by atoms with Crippen LogP contribution < -0.4 is 11.3 Å². The lowest BCUT2D eigenvalue weighted by Gasteiger charge is -2.16. The quantitative estimate of drug-likeness (QED) is 0.703. The van der Waals surface area contributed by atoms with E-state index in [9.17, 15) is 18.4 Å². The highest BCUT2D eigenvalue weighted by molar-refractivity contribution is 5.83. The second-order valence-corrected chi connectivity index (χ2v) is 5.95. The molecule has 0 bridgehead atoms. The normalized spacial score (nSPS) is 10.6. The van der Waals surface area contributed by atoms with E-state index in [0.29, 0.717) is 11.3 Å². The monoisotopic (exact) mass is 366 g/mol. The van der Waals surface area contributed by atoms with Crippen molar-refractivity contribution in [1.82, 2.24) is 4.57 Å². The van der Waals surface area contributed by atoms with Crippen molar-refractivity contribution in [3.63, 3.8) is 0 Å². The molecule has 1 aromatic heterocycles. The summed E-state index contributed by atoms with van der Waals surface area (Å²) in [6.45, 7) is 3.85. The van der Waals surface area contributed by atoms with Gasteiger partial charge in [-0.2, -0.15) is 0 Å². The van der Waals surface area contributed by atoms with Gasteiger partial charge in [-0.25, -0.2) is 8.78 Å². The van der Waals surface area contributed by atoms with Crippen molar-refractivity contribution < 1.29 is 13.6 Å². The van der Waals surface area contributed by atoms with E-state index in [4.69, 9.17) is 5.73 Å². The lowest BCUT2D eigenvalue weighted by molar-refractivity contribution is -0.107. The molecule has 4 nitrogen and oxygen atoms in total. The molecular weight excluding hydrogens is 350 g/mol. The SMILES string of the molecule is C=C(c1ccc(F)cc1F)c1ccc(=O)n(-c2ccc(CC=O)cc2)c1N. The van der Waals surface area contributed by atoms with Crippen molar-refractivity contribution in [2.75, 3.05) is 5.73 Å². The number of nitrogen functional groups attached to an aromatic ring is 1. The summed E-state index contributed by atoms with van der Waals surface area (Å²) >= 11 is 0. The third-order valence-electron chi connectivity index (χ3n) is 4.22. The molecule has 2 aromatic carbocycles. The molecule has 27 heavy (non-hydrogen) atoms. The number of aromatic nitrogens is 1. The van der Waals surface area contributed by atoms with Gasteiger partial charge in [0.15, 0.2) is 0 Å². The molecular formula is C21H16F2N2O2. The van der Waals surface area contributed by atoms with Crippen LogP contribution in [-0.4, -0.2) is 10.9 Å². The maximum absolute atomic E-state index is 14.1. The van der Waals surface area contributed by atoms with Crippen LogP contribution in [0.2, 0.25) is 0 Å². The van der Waals surface area contributed by atoms with Gasteiger partial charge in [-0.15, -0.1) is 0 Å².